The highest BCUT2D eigenvalue weighted by Gasteiger charge is 2.28. The fraction of sp³-hybridized carbons (Fsp3) is 0.219. The first-order valence-electron chi connectivity index (χ1n) is 27.8. The summed E-state index contributed by atoms with van der Waals surface area (Å²) in [6, 6.07) is 68.7. The maximum absolute atomic E-state index is 6.82. The van der Waals surface area contributed by atoms with Gasteiger partial charge in [-0.2, -0.15) is 0 Å². The van der Waals surface area contributed by atoms with Gasteiger partial charge in [-0.1, -0.05) is 186 Å². The van der Waals surface area contributed by atoms with Gasteiger partial charge in [-0.3, -0.25) is 0 Å². The average Bonchev–Trinajstić information content (AvgIpc) is 4.33. The van der Waals surface area contributed by atoms with Crippen LogP contribution in [0.3, 0.4) is 0 Å². The van der Waals surface area contributed by atoms with Crippen LogP contribution in [0.2, 0.25) is 0 Å². The highest BCUT2D eigenvalue weighted by Crippen LogP contribution is 2.46. The Kier molecular flexibility index (Phi) is 11.4. The largest absolute Gasteiger partial charge is 0.455 e. The van der Waals surface area contributed by atoms with Crippen molar-refractivity contribution in [3.8, 4) is 56.7 Å². The minimum Gasteiger partial charge on any atom is -0.455 e. The third kappa shape index (κ3) is 8.51. The van der Waals surface area contributed by atoms with Crippen LogP contribution in [-0.2, 0) is 21.7 Å². The summed E-state index contributed by atoms with van der Waals surface area (Å²) < 4.78 is 11.7. The maximum atomic E-state index is 6.82. The van der Waals surface area contributed by atoms with Crippen LogP contribution in [0.25, 0.3) is 122 Å². The molecule has 0 fully saturated rings. The molecule has 0 N–H and O–H groups in total. The Labute approximate surface area is 463 Å². The van der Waals surface area contributed by atoms with Gasteiger partial charge in [-0.25, -0.2) is 15.0 Å². The molecule has 0 radical (unpaired) electrons. The van der Waals surface area contributed by atoms with E-state index < -0.39 is 0 Å². The second kappa shape index (κ2) is 18.0. The molecule has 0 aliphatic heterocycles. The van der Waals surface area contributed by atoms with Crippen molar-refractivity contribution in [3.63, 3.8) is 0 Å². The molecule has 0 spiro atoms. The fourth-order valence-corrected chi connectivity index (χ4v) is 11.7. The van der Waals surface area contributed by atoms with Gasteiger partial charge < -0.3 is 13.6 Å². The predicted octanol–water partition coefficient (Wildman–Crippen LogP) is 19.8. The molecule has 0 bridgehead atoms. The third-order valence-corrected chi connectivity index (χ3v) is 16.2. The van der Waals surface area contributed by atoms with Crippen molar-refractivity contribution in [3.05, 3.63) is 210 Å². The average molecular weight is 1030 g/mol. The highest BCUT2D eigenvalue weighted by atomic mass is 16.3. The quantitative estimate of drug-likeness (QED) is 0.166. The molecule has 79 heavy (non-hydrogen) atoms. The topological polar surface area (TPSA) is 61.7 Å². The molecule has 6 nitrogen and oxygen atoms in total. The van der Waals surface area contributed by atoms with Gasteiger partial charge in [0.1, 0.15) is 11.2 Å². The Morgan fingerprint density at radius 2 is 0.734 bits per heavy atom. The lowest BCUT2D eigenvalue weighted by Gasteiger charge is -2.26. The molecule has 13 rings (SSSR count). The first-order valence-corrected chi connectivity index (χ1v) is 27.8. The molecule has 9 aromatic carbocycles. The van der Waals surface area contributed by atoms with Crippen LogP contribution in [0.4, 0.5) is 0 Å². The predicted molar refractivity (Wildman–Crippen MR) is 332 cm³/mol. The summed E-state index contributed by atoms with van der Waals surface area (Å²) in [6.45, 7) is 27.4. The van der Waals surface area contributed by atoms with E-state index in [9.17, 15) is 0 Å². The van der Waals surface area contributed by atoms with E-state index in [4.69, 9.17) is 19.4 Å². The Morgan fingerprint density at radius 1 is 0.316 bits per heavy atom. The van der Waals surface area contributed by atoms with Crippen LogP contribution in [0.15, 0.2) is 192 Å². The number of nitrogens with zero attached hydrogens (tertiary/aromatic N) is 5. The molecule has 4 aromatic heterocycles. The summed E-state index contributed by atoms with van der Waals surface area (Å²) in [5.41, 5.74) is 17.7. The number of rotatable bonds is 6. The van der Waals surface area contributed by atoms with E-state index in [-0.39, 0.29) is 21.7 Å². The number of hydrogen-bond acceptors (Lipinski definition) is 4. The van der Waals surface area contributed by atoms with E-state index in [2.05, 4.69) is 274 Å². The lowest BCUT2D eigenvalue weighted by molar-refractivity contribution is 0.568. The molecular weight excluding hydrogens is 963 g/mol. The van der Waals surface area contributed by atoms with Crippen molar-refractivity contribution >= 4 is 65.6 Å². The van der Waals surface area contributed by atoms with Gasteiger partial charge in [0, 0.05) is 54.7 Å². The van der Waals surface area contributed by atoms with Crippen LogP contribution in [-0.4, -0.2) is 24.1 Å². The zero-order valence-electron chi connectivity index (χ0n) is 47.5. The summed E-state index contributed by atoms with van der Waals surface area (Å²) in [5.74, 6) is 1.89. The van der Waals surface area contributed by atoms with Crippen molar-refractivity contribution in [1.82, 2.24) is 24.1 Å². The van der Waals surface area contributed by atoms with Gasteiger partial charge in [-0.15, -0.1) is 0 Å². The first kappa shape index (κ1) is 49.9. The molecule has 0 unspecified atom stereocenters. The first-order chi connectivity index (χ1) is 37.7. The second-order valence-electron chi connectivity index (χ2n) is 25.8. The van der Waals surface area contributed by atoms with Gasteiger partial charge in [-0.05, 0) is 129 Å². The summed E-state index contributed by atoms with van der Waals surface area (Å²) in [5, 5.41) is 6.83. The van der Waals surface area contributed by atoms with Crippen molar-refractivity contribution in [1.29, 1.82) is 0 Å². The molecular formula is C73H67N5O. The molecule has 4 heterocycles. The van der Waals surface area contributed by atoms with E-state index in [1.807, 2.05) is 6.07 Å². The van der Waals surface area contributed by atoms with Gasteiger partial charge in [0.2, 0.25) is 0 Å². The molecule has 6 heteroatoms. The Bertz CT molecular complexity index is 4380. The SMILES string of the molecule is CC(C)(C)c1cc(-c2nc(-c3cc(C(C)(C)C)cc(C(C)(C)C)c3)nc(-c3ccc(-n4c5ccccc5c5c6oc7ccccc7c6ccc54)c(-c4ccccc4-n4c5ccccc5c5ccccc54)c3)n2)cc(C(C)(C)C)c1. The van der Waals surface area contributed by atoms with Crippen LogP contribution < -0.4 is 0 Å². The highest BCUT2D eigenvalue weighted by molar-refractivity contribution is 6.24. The fourth-order valence-electron chi connectivity index (χ4n) is 11.7. The smallest absolute Gasteiger partial charge is 0.164 e. The Balaban J connectivity index is 1.13. The standard InChI is InChI=1S/C73H67N5O/c1-70(2,3)47-37-45(38-48(42-47)71(4,5)6)68-74-67(75-69(76-68)46-39-49(72(7,8)9)43-50(40-46)73(10,11)12)44-33-35-62(78-61-31-21-16-27-56(61)65-63(78)36-34-55-54-26-17-22-32-64(54)79-66(55)65)57(41-44)53-25-15-20-30-60(53)77-58-28-18-13-23-51(58)52-24-14-19-29-59(52)77/h13-43H,1-12H3. The minimum absolute atomic E-state index is 0.116. The monoisotopic (exact) mass is 1030 g/mol. The van der Waals surface area contributed by atoms with Gasteiger partial charge in [0.05, 0.1) is 38.8 Å². The minimum atomic E-state index is -0.116. The van der Waals surface area contributed by atoms with Crippen LogP contribution in [0.1, 0.15) is 105 Å². The lowest BCUT2D eigenvalue weighted by Crippen LogP contribution is -2.17. The molecule has 0 amide bonds. The van der Waals surface area contributed by atoms with Crippen molar-refractivity contribution in [2.75, 3.05) is 0 Å². The van der Waals surface area contributed by atoms with E-state index in [1.165, 1.54) is 33.0 Å². The van der Waals surface area contributed by atoms with Crippen LogP contribution >= 0.6 is 0 Å². The normalized spacial score (nSPS) is 12.8. The number of para-hydroxylation sites is 5. The zero-order chi connectivity index (χ0) is 54.9. The number of aromatic nitrogens is 5. The molecule has 0 aliphatic rings. The summed E-state index contributed by atoms with van der Waals surface area (Å²) >= 11 is 0. The van der Waals surface area contributed by atoms with E-state index >= 15 is 0 Å². The molecule has 0 saturated carbocycles. The van der Waals surface area contributed by atoms with Crippen molar-refractivity contribution in [2.24, 2.45) is 0 Å². The van der Waals surface area contributed by atoms with Crippen molar-refractivity contribution in [2.45, 2.75) is 105 Å². The number of fused-ring (bicyclic) bond motifs is 10. The van der Waals surface area contributed by atoms with E-state index in [0.29, 0.717) is 17.5 Å². The number of hydrogen-bond donors (Lipinski definition) is 0. The summed E-state index contributed by atoms with van der Waals surface area (Å²) in [7, 11) is 0. The van der Waals surface area contributed by atoms with E-state index in [0.717, 1.165) is 94.0 Å². The molecule has 0 aliphatic carbocycles. The number of furan rings is 1. The second-order valence-corrected chi connectivity index (χ2v) is 25.8. The molecule has 0 saturated heterocycles. The molecule has 13 aromatic rings. The Morgan fingerprint density at radius 3 is 1.27 bits per heavy atom. The lowest BCUT2D eigenvalue weighted by atomic mass is 9.79. The van der Waals surface area contributed by atoms with Gasteiger partial charge >= 0.3 is 0 Å². The molecule has 0 atom stereocenters. The third-order valence-electron chi connectivity index (χ3n) is 16.2. The summed E-state index contributed by atoms with van der Waals surface area (Å²) in [6.07, 6.45) is 0. The zero-order valence-corrected chi connectivity index (χ0v) is 47.5. The molecule has 390 valence electrons. The van der Waals surface area contributed by atoms with Gasteiger partial charge in [0.15, 0.2) is 17.5 Å². The maximum Gasteiger partial charge on any atom is 0.164 e. The summed E-state index contributed by atoms with van der Waals surface area (Å²) in [4.78, 5) is 16.7. The van der Waals surface area contributed by atoms with E-state index in [1.54, 1.807) is 0 Å². The van der Waals surface area contributed by atoms with Crippen molar-refractivity contribution < 1.29 is 4.42 Å². The van der Waals surface area contributed by atoms with Crippen LogP contribution in [0, 0.1) is 0 Å². The number of benzene rings is 9. The van der Waals surface area contributed by atoms with Gasteiger partial charge in [0.25, 0.3) is 0 Å². The van der Waals surface area contributed by atoms with Crippen LogP contribution in [0.5, 0.6) is 0 Å². The Hall–Kier alpha value is -8.61.